The van der Waals surface area contributed by atoms with E-state index in [2.05, 4.69) is 0 Å². The highest BCUT2D eigenvalue weighted by atomic mass is 31.2. The van der Waals surface area contributed by atoms with Crippen molar-refractivity contribution in [1.82, 2.24) is 0 Å². The third kappa shape index (κ3) is 7.79. The summed E-state index contributed by atoms with van der Waals surface area (Å²) in [7, 11) is -4.71. The highest BCUT2D eigenvalue weighted by molar-refractivity contribution is 7.57. The Balaban J connectivity index is 4.34. The lowest BCUT2D eigenvalue weighted by Crippen LogP contribution is -2.21. The van der Waals surface area contributed by atoms with Gasteiger partial charge in [-0.25, -0.2) is 0 Å². The Bertz CT molecular complexity index is 237. The quantitative estimate of drug-likeness (QED) is 0.394. The molecule has 0 bridgehead atoms. The molecule has 4 nitrogen and oxygen atoms in total. The monoisotopic (exact) mass is 252 g/mol. The summed E-state index contributed by atoms with van der Waals surface area (Å²) in [5.41, 5.74) is 0. The average Bonchev–Trinajstić information content (AvgIpc) is 2.01. The van der Waals surface area contributed by atoms with Crippen LogP contribution in [0.25, 0.3) is 0 Å². The van der Waals surface area contributed by atoms with Gasteiger partial charge in [-0.05, 0) is 33.5 Å². The molecule has 0 spiro atoms. The predicted molar refractivity (Wildman–Crippen MR) is 64.4 cm³/mol. The third-order valence-corrected chi connectivity index (χ3v) is 3.85. The minimum Gasteiger partial charge on any atom is -0.549 e. The minimum atomic E-state index is -3.09. The molecule has 0 aromatic rings. The van der Waals surface area contributed by atoms with E-state index in [0.717, 1.165) is 0 Å². The van der Waals surface area contributed by atoms with Gasteiger partial charge in [0.2, 0.25) is 8.32 Å². The lowest BCUT2D eigenvalue weighted by atomic mass is 10.9. The van der Waals surface area contributed by atoms with Crippen molar-refractivity contribution in [2.45, 2.75) is 33.5 Å². The van der Waals surface area contributed by atoms with Gasteiger partial charge in [-0.3, -0.25) is 4.57 Å². The van der Waals surface area contributed by atoms with Gasteiger partial charge in [-0.15, -0.1) is 0 Å². The van der Waals surface area contributed by atoms with Crippen molar-refractivity contribution in [1.29, 1.82) is 0 Å². The highest BCUT2D eigenvalue weighted by Gasteiger charge is 2.20. The molecule has 0 aliphatic carbocycles. The summed E-state index contributed by atoms with van der Waals surface area (Å²) in [5.74, 6) is 1.39. The van der Waals surface area contributed by atoms with Crippen LogP contribution in [0, 0.1) is 0 Å². The molecule has 0 heterocycles. The first-order chi connectivity index (χ1) is 6.83. The van der Waals surface area contributed by atoms with Crippen LogP contribution in [0.5, 0.6) is 0 Å². The van der Waals surface area contributed by atoms with Gasteiger partial charge in [0, 0.05) is 0 Å². The molecule has 0 N–H and O–H groups in total. The molecular weight excluding hydrogens is 231 g/mol. The first-order valence-electron chi connectivity index (χ1n) is 5.07. The predicted octanol–water partition coefficient (Wildman–Crippen LogP) is 3.58. The Morgan fingerprint density at radius 3 is 1.93 bits per heavy atom. The van der Waals surface area contributed by atoms with Crippen LogP contribution in [0.4, 0.5) is 0 Å². The van der Waals surface area contributed by atoms with E-state index in [-0.39, 0.29) is 0 Å². The molecule has 0 aromatic heterocycles. The van der Waals surface area contributed by atoms with E-state index in [1.807, 2.05) is 19.6 Å². The summed E-state index contributed by atoms with van der Waals surface area (Å²) in [6, 6.07) is 0. The summed E-state index contributed by atoms with van der Waals surface area (Å²) in [4.78, 5) is 0. The van der Waals surface area contributed by atoms with E-state index < -0.39 is 15.9 Å². The second-order valence-corrected chi connectivity index (χ2v) is 10.2. The van der Waals surface area contributed by atoms with Crippen molar-refractivity contribution in [2.75, 3.05) is 13.2 Å². The van der Waals surface area contributed by atoms with Gasteiger partial charge in [0.15, 0.2) is 0 Å². The van der Waals surface area contributed by atoms with Gasteiger partial charge in [-0.2, -0.15) is 0 Å². The van der Waals surface area contributed by atoms with E-state index >= 15 is 0 Å². The Morgan fingerprint density at radius 1 is 1.13 bits per heavy atom. The van der Waals surface area contributed by atoms with E-state index in [1.54, 1.807) is 13.8 Å². The van der Waals surface area contributed by atoms with Gasteiger partial charge in [0.05, 0.1) is 25.3 Å². The molecule has 0 aliphatic rings. The number of rotatable bonds is 7. The van der Waals surface area contributed by atoms with E-state index in [4.69, 9.17) is 13.5 Å². The largest absolute Gasteiger partial charge is 0.549 e. The minimum absolute atomic E-state index is 0.356. The highest BCUT2D eigenvalue weighted by Crippen LogP contribution is 2.49. The van der Waals surface area contributed by atoms with Crippen LogP contribution in [-0.2, 0) is 18.0 Å². The molecule has 0 saturated carbocycles. The van der Waals surface area contributed by atoms with Crippen molar-refractivity contribution in [3.8, 4) is 0 Å². The first-order valence-corrected chi connectivity index (χ1v) is 10.1. The molecule has 0 unspecified atom stereocenters. The fourth-order valence-corrected chi connectivity index (χ4v) is 2.56. The van der Waals surface area contributed by atoms with Crippen LogP contribution in [0.1, 0.15) is 13.8 Å². The lowest BCUT2D eigenvalue weighted by Gasteiger charge is -2.16. The SMILES string of the molecule is CCOP(=O)(/C=C\O[Si](C)(C)C)OCC. The first kappa shape index (κ1) is 14.9. The topological polar surface area (TPSA) is 44.8 Å². The fraction of sp³-hybridized carbons (Fsp3) is 0.778. The molecule has 0 amide bonds. The maximum Gasteiger partial charge on any atom is 0.357 e. The Hall–Kier alpha value is -0.0931. The van der Waals surface area contributed by atoms with E-state index in [1.165, 1.54) is 12.1 Å². The molecule has 90 valence electrons. The zero-order valence-corrected chi connectivity index (χ0v) is 12.0. The maximum absolute atomic E-state index is 11.9. The van der Waals surface area contributed by atoms with Crippen LogP contribution >= 0.6 is 7.60 Å². The normalized spacial score (nSPS) is 13.4. The fourth-order valence-electron chi connectivity index (χ4n) is 0.792. The van der Waals surface area contributed by atoms with Crippen molar-refractivity contribution >= 4 is 15.9 Å². The zero-order chi connectivity index (χ0) is 11.9. The van der Waals surface area contributed by atoms with Crippen molar-refractivity contribution in [2.24, 2.45) is 0 Å². The molecule has 0 rings (SSSR count). The number of hydrogen-bond donors (Lipinski definition) is 0. The van der Waals surface area contributed by atoms with Gasteiger partial charge in [0.1, 0.15) is 0 Å². The molecule has 0 aromatic carbocycles. The molecule has 15 heavy (non-hydrogen) atoms. The molecule has 0 saturated heterocycles. The summed E-state index contributed by atoms with van der Waals surface area (Å²) in [6.07, 6.45) is 1.44. The molecular formula is C9H21O4PSi. The molecule has 0 aliphatic heterocycles. The van der Waals surface area contributed by atoms with Crippen LogP contribution in [-0.4, -0.2) is 21.5 Å². The average molecular weight is 252 g/mol. The Kier molecular flexibility index (Phi) is 6.44. The molecule has 0 radical (unpaired) electrons. The molecule has 0 atom stereocenters. The van der Waals surface area contributed by atoms with Gasteiger partial charge >= 0.3 is 7.60 Å². The summed E-state index contributed by atoms with van der Waals surface area (Å²) < 4.78 is 27.5. The van der Waals surface area contributed by atoms with Gasteiger partial charge in [-0.1, -0.05) is 0 Å². The second kappa shape index (κ2) is 6.48. The smallest absolute Gasteiger partial charge is 0.357 e. The number of hydrogen-bond acceptors (Lipinski definition) is 4. The van der Waals surface area contributed by atoms with Crippen LogP contribution in [0.2, 0.25) is 19.6 Å². The van der Waals surface area contributed by atoms with Gasteiger partial charge < -0.3 is 13.5 Å². The van der Waals surface area contributed by atoms with Crippen molar-refractivity contribution in [3.63, 3.8) is 0 Å². The van der Waals surface area contributed by atoms with Crippen molar-refractivity contribution in [3.05, 3.63) is 12.1 Å². The van der Waals surface area contributed by atoms with Crippen LogP contribution < -0.4 is 0 Å². The van der Waals surface area contributed by atoms with Crippen LogP contribution in [0.15, 0.2) is 12.1 Å². The van der Waals surface area contributed by atoms with E-state index in [0.29, 0.717) is 13.2 Å². The Labute approximate surface area is 93.3 Å². The standard InChI is InChI=1S/C9H21O4PSi/c1-6-11-14(10,12-7-2)9-8-13-15(3,4)5/h8-9H,6-7H2,1-5H3/b9-8-. The molecule has 0 fully saturated rings. The lowest BCUT2D eigenvalue weighted by molar-refractivity contribution is 0.228. The third-order valence-electron chi connectivity index (χ3n) is 1.28. The Morgan fingerprint density at radius 2 is 1.60 bits per heavy atom. The van der Waals surface area contributed by atoms with E-state index in [9.17, 15) is 4.57 Å². The van der Waals surface area contributed by atoms with Gasteiger partial charge in [0.25, 0.3) is 0 Å². The maximum atomic E-state index is 11.9. The molecule has 6 heteroatoms. The van der Waals surface area contributed by atoms with Crippen molar-refractivity contribution < 1.29 is 18.0 Å². The summed E-state index contributed by atoms with van der Waals surface area (Å²) >= 11 is 0. The summed E-state index contributed by atoms with van der Waals surface area (Å²) in [5, 5.41) is 0. The summed E-state index contributed by atoms with van der Waals surface area (Å²) in [6.45, 7) is 10.4. The van der Waals surface area contributed by atoms with Crippen LogP contribution in [0.3, 0.4) is 0 Å². The zero-order valence-electron chi connectivity index (χ0n) is 10.1. The second-order valence-electron chi connectivity index (χ2n) is 3.89.